The molecule has 6 nitrogen and oxygen atoms in total. The van der Waals surface area contributed by atoms with Crippen LogP contribution in [0.15, 0.2) is 54.6 Å². The fourth-order valence-corrected chi connectivity index (χ4v) is 2.12. The topological polar surface area (TPSA) is 76.7 Å². The molecular weight excluding hydrogens is 320 g/mol. The Morgan fingerprint density at radius 2 is 1.68 bits per heavy atom. The van der Waals surface area contributed by atoms with Crippen molar-refractivity contribution in [2.75, 3.05) is 14.2 Å². The Bertz CT molecular complexity index is 754. The van der Waals surface area contributed by atoms with Crippen LogP contribution in [-0.2, 0) is 16.0 Å². The molecular formula is C19H20N2O4. The van der Waals surface area contributed by atoms with E-state index in [1.807, 2.05) is 18.2 Å². The Morgan fingerprint density at radius 3 is 2.36 bits per heavy atom. The fraction of sp³-hybridized carbons (Fsp3) is 0.158. The molecule has 2 N–H and O–H groups in total. The quantitative estimate of drug-likeness (QED) is 0.624. The maximum atomic E-state index is 11.8. The van der Waals surface area contributed by atoms with E-state index in [1.54, 1.807) is 50.6 Å². The molecule has 2 aromatic rings. The summed E-state index contributed by atoms with van der Waals surface area (Å²) < 4.78 is 10.3. The Hall–Kier alpha value is -3.28. The van der Waals surface area contributed by atoms with Crippen LogP contribution in [0.2, 0.25) is 0 Å². The molecule has 2 amide bonds. The van der Waals surface area contributed by atoms with Crippen LogP contribution in [0, 0.1) is 0 Å². The van der Waals surface area contributed by atoms with Crippen molar-refractivity contribution in [1.29, 1.82) is 0 Å². The van der Waals surface area contributed by atoms with Crippen molar-refractivity contribution in [2.45, 2.75) is 6.42 Å². The molecule has 0 aliphatic carbocycles. The molecule has 6 heteroatoms. The van der Waals surface area contributed by atoms with Gasteiger partial charge in [-0.2, -0.15) is 0 Å². The molecule has 0 fully saturated rings. The van der Waals surface area contributed by atoms with E-state index in [0.717, 1.165) is 16.9 Å². The van der Waals surface area contributed by atoms with E-state index >= 15 is 0 Å². The average Bonchev–Trinajstić information content (AvgIpc) is 2.65. The molecule has 130 valence electrons. The summed E-state index contributed by atoms with van der Waals surface area (Å²) in [6, 6.07) is 14.4. The third kappa shape index (κ3) is 5.69. The second-order valence-electron chi connectivity index (χ2n) is 5.14. The number of benzene rings is 2. The van der Waals surface area contributed by atoms with Gasteiger partial charge in [-0.25, -0.2) is 0 Å². The maximum Gasteiger partial charge on any atom is 0.262 e. The fourth-order valence-electron chi connectivity index (χ4n) is 2.12. The van der Waals surface area contributed by atoms with Crippen LogP contribution >= 0.6 is 0 Å². The summed E-state index contributed by atoms with van der Waals surface area (Å²) in [7, 11) is 3.14. The lowest BCUT2D eigenvalue weighted by atomic mass is 10.1. The third-order valence-electron chi connectivity index (χ3n) is 3.40. The first-order valence-electron chi connectivity index (χ1n) is 7.65. The molecule has 0 heterocycles. The Morgan fingerprint density at radius 1 is 0.960 bits per heavy atom. The van der Waals surface area contributed by atoms with Crippen LogP contribution in [0.5, 0.6) is 11.5 Å². The predicted molar refractivity (Wildman–Crippen MR) is 95.0 cm³/mol. The number of carbonyl (C=O) groups excluding carboxylic acids is 2. The summed E-state index contributed by atoms with van der Waals surface area (Å²) in [4.78, 5) is 23.6. The zero-order chi connectivity index (χ0) is 18.1. The molecule has 0 aromatic heterocycles. The highest BCUT2D eigenvalue weighted by atomic mass is 16.5. The van der Waals surface area contributed by atoms with Gasteiger partial charge in [-0.05, 0) is 29.8 Å². The summed E-state index contributed by atoms with van der Waals surface area (Å²) in [5, 5.41) is 0. The van der Waals surface area contributed by atoms with E-state index in [0.29, 0.717) is 5.75 Å². The highest BCUT2D eigenvalue weighted by Crippen LogP contribution is 2.18. The molecule has 2 rings (SSSR count). The number of methoxy groups -OCH3 is 2. The summed E-state index contributed by atoms with van der Waals surface area (Å²) in [5.41, 5.74) is 6.30. The first-order valence-corrected chi connectivity index (χ1v) is 7.65. The molecule has 0 aliphatic heterocycles. The predicted octanol–water partition coefficient (Wildman–Crippen LogP) is 2.11. The number of para-hydroxylation sites is 1. The Labute approximate surface area is 146 Å². The first-order chi connectivity index (χ1) is 12.1. The molecule has 0 aliphatic rings. The van der Waals surface area contributed by atoms with E-state index in [2.05, 4.69) is 10.9 Å². The normalized spacial score (nSPS) is 10.3. The third-order valence-corrected chi connectivity index (χ3v) is 3.40. The Balaban J connectivity index is 1.82. The highest BCUT2D eigenvalue weighted by molar-refractivity contribution is 5.93. The minimum Gasteiger partial charge on any atom is -0.497 e. The van der Waals surface area contributed by atoms with Crippen LogP contribution in [-0.4, -0.2) is 26.0 Å². The molecule has 2 aromatic carbocycles. The van der Waals surface area contributed by atoms with Crippen LogP contribution in [0.25, 0.3) is 6.08 Å². The lowest BCUT2D eigenvalue weighted by molar-refractivity contribution is -0.126. The number of hydrogen-bond acceptors (Lipinski definition) is 4. The second kappa shape index (κ2) is 9.12. The number of nitrogens with one attached hydrogen (secondary N) is 2. The number of carbonyl (C=O) groups is 2. The molecule has 0 spiro atoms. The lowest BCUT2D eigenvalue weighted by Gasteiger charge is -2.06. The van der Waals surface area contributed by atoms with Crippen LogP contribution in [0.1, 0.15) is 11.1 Å². The van der Waals surface area contributed by atoms with Gasteiger partial charge >= 0.3 is 0 Å². The smallest absolute Gasteiger partial charge is 0.262 e. The maximum absolute atomic E-state index is 11.8. The molecule has 0 bridgehead atoms. The van der Waals surface area contributed by atoms with Crippen molar-refractivity contribution in [1.82, 2.24) is 10.9 Å². The SMILES string of the molecule is COc1ccc(CC(=O)NNC(=O)C=Cc2ccccc2OC)cc1. The standard InChI is InChI=1S/C19H20N2O4/c1-24-16-10-7-14(8-11-16)13-19(23)21-20-18(22)12-9-15-5-3-4-6-17(15)25-2/h3-12H,13H2,1-2H3,(H,20,22)(H,21,23). The highest BCUT2D eigenvalue weighted by Gasteiger charge is 2.05. The van der Waals surface area contributed by atoms with E-state index in [1.165, 1.54) is 6.08 Å². The van der Waals surface area contributed by atoms with Gasteiger partial charge in [0.15, 0.2) is 0 Å². The van der Waals surface area contributed by atoms with Crippen LogP contribution < -0.4 is 20.3 Å². The van der Waals surface area contributed by atoms with Crippen LogP contribution in [0.3, 0.4) is 0 Å². The van der Waals surface area contributed by atoms with Gasteiger partial charge < -0.3 is 9.47 Å². The van der Waals surface area contributed by atoms with Gasteiger partial charge in [0.25, 0.3) is 5.91 Å². The van der Waals surface area contributed by atoms with Crippen molar-refractivity contribution in [3.8, 4) is 11.5 Å². The lowest BCUT2D eigenvalue weighted by Crippen LogP contribution is -2.41. The summed E-state index contributed by atoms with van der Waals surface area (Å²) in [6.45, 7) is 0. The zero-order valence-electron chi connectivity index (χ0n) is 14.1. The van der Waals surface area contributed by atoms with Crippen molar-refractivity contribution in [3.05, 3.63) is 65.7 Å². The largest absolute Gasteiger partial charge is 0.497 e. The minimum atomic E-state index is -0.436. The van der Waals surface area contributed by atoms with Crippen molar-refractivity contribution in [3.63, 3.8) is 0 Å². The van der Waals surface area contributed by atoms with Gasteiger partial charge in [-0.15, -0.1) is 0 Å². The van der Waals surface area contributed by atoms with Crippen molar-refractivity contribution >= 4 is 17.9 Å². The average molecular weight is 340 g/mol. The molecule has 0 radical (unpaired) electrons. The number of ether oxygens (including phenoxy) is 2. The monoisotopic (exact) mass is 340 g/mol. The van der Waals surface area contributed by atoms with Gasteiger partial charge in [0.1, 0.15) is 11.5 Å². The van der Waals surface area contributed by atoms with Gasteiger partial charge in [0, 0.05) is 11.6 Å². The van der Waals surface area contributed by atoms with Gasteiger partial charge in [0.05, 0.1) is 20.6 Å². The van der Waals surface area contributed by atoms with E-state index in [9.17, 15) is 9.59 Å². The molecule has 0 saturated carbocycles. The molecule has 0 unspecified atom stereocenters. The zero-order valence-corrected chi connectivity index (χ0v) is 14.1. The number of hydrogen-bond donors (Lipinski definition) is 2. The molecule has 25 heavy (non-hydrogen) atoms. The minimum absolute atomic E-state index is 0.153. The van der Waals surface area contributed by atoms with E-state index in [-0.39, 0.29) is 12.3 Å². The van der Waals surface area contributed by atoms with E-state index < -0.39 is 5.91 Å². The number of amides is 2. The van der Waals surface area contributed by atoms with Gasteiger partial charge in [0.2, 0.25) is 5.91 Å². The number of rotatable bonds is 6. The van der Waals surface area contributed by atoms with E-state index in [4.69, 9.17) is 9.47 Å². The van der Waals surface area contributed by atoms with Gasteiger partial charge in [-0.3, -0.25) is 20.4 Å². The second-order valence-corrected chi connectivity index (χ2v) is 5.14. The number of hydrazine groups is 1. The summed E-state index contributed by atoms with van der Waals surface area (Å²) >= 11 is 0. The van der Waals surface area contributed by atoms with Gasteiger partial charge in [-0.1, -0.05) is 30.3 Å². The molecule has 0 atom stereocenters. The van der Waals surface area contributed by atoms with Crippen molar-refractivity contribution < 1.29 is 19.1 Å². The van der Waals surface area contributed by atoms with Crippen LogP contribution in [0.4, 0.5) is 0 Å². The summed E-state index contributed by atoms with van der Waals surface area (Å²) in [6.07, 6.45) is 3.09. The molecule has 0 saturated heterocycles. The van der Waals surface area contributed by atoms with Crippen molar-refractivity contribution in [2.24, 2.45) is 0 Å². The summed E-state index contributed by atoms with van der Waals surface area (Å²) in [5.74, 6) is 0.632. The first kappa shape index (κ1) is 18.1. The Kier molecular flexibility index (Phi) is 6.59.